The zero-order valence-electron chi connectivity index (χ0n) is 12.3. The van der Waals surface area contributed by atoms with Gasteiger partial charge in [-0.3, -0.25) is 0 Å². The van der Waals surface area contributed by atoms with E-state index in [4.69, 9.17) is 4.74 Å². The lowest BCUT2D eigenvalue weighted by Gasteiger charge is -2.35. The van der Waals surface area contributed by atoms with E-state index in [1.54, 1.807) is 6.07 Å². The summed E-state index contributed by atoms with van der Waals surface area (Å²) in [5, 5.41) is 13.7. The minimum Gasteiger partial charge on any atom is -0.494 e. The molecule has 1 saturated carbocycles. The molecule has 112 valence electrons. The van der Waals surface area contributed by atoms with Gasteiger partial charge >= 0.3 is 0 Å². The minimum atomic E-state index is -0.600. The van der Waals surface area contributed by atoms with Crippen molar-refractivity contribution in [2.75, 3.05) is 13.7 Å². The third-order valence-electron chi connectivity index (χ3n) is 4.20. The molecule has 4 heteroatoms. The van der Waals surface area contributed by atoms with Gasteiger partial charge in [-0.1, -0.05) is 13.0 Å². The molecule has 0 aliphatic heterocycles. The van der Waals surface area contributed by atoms with Crippen LogP contribution in [-0.4, -0.2) is 24.4 Å². The Balaban J connectivity index is 1.82. The van der Waals surface area contributed by atoms with Crippen LogP contribution in [0.5, 0.6) is 5.75 Å². The van der Waals surface area contributed by atoms with Crippen molar-refractivity contribution >= 4 is 0 Å². The number of aliphatic hydroxyl groups is 1. The van der Waals surface area contributed by atoms with Crippen LogP contribution in [0.15, 0.2) is 18.2 Å². The number of rotatable bonds is 5. The molecule has 3 nitrogen and oxygen atoms in total. The van der Waals surface area contributed by atoms with E-state index in [2.05, 4.69) is 12.2 Å². The van der Waals surface area contributed by atoms with Crippen molar-refractivity contribution in [2.45, 2.75) is 44.8 Å². The Morgan fingerprint density at radius 2 is 2.10 bits per heavy atom. The third-order valence-corrected chi connectivity index (χ3v) is 4.20. The van der Waals surface area contributed by atoms with Gasteiger partial charge in [0.1, 0.15) is 0 Å². The van der Waals surface area contributed by atoms with Crippen molar-refractivity contribution in [1.29, 1.82) is 0 Å². The third kappa shape index (κ3) is 3.93. The average molecular weight is 281 g/mol. The monoisotopic (exact) mass is 281 g/mol. The maximum Gasteiger partial charge on any atom is 0.165 e. The van der Waals surface area contributed by atoms with E-state index in [0.717, 1.165) is 31.2 Å². The van der Waals surface area contributed by atoms with E-state index in [0.29, 0.717) is 19.0 Å². The van der Waals surface area contributed by atoms with Crippen molar-refractivity contribution < 1.29 is 14.2 Å². The van der Waals surface area contributed by atoms with Crippen LogP contribution in [0.3, 0.4) is 0 Å². The molecule has 0 spiro atoms. The Kier molecular flexibility index (Phi) is 5.00. The van der Waals surface area contributed by atoms with Crippen molar-refractivity contribution in [2.24, 2.45) is 5.92 Å². The Morgan fingerprint density at radius 1 is 1.40 bits per heavy atom. The molecule has 1 aromatic rings. The molecule has 0 bridgehead atoms. The summed E-state index contributed by atoms with van der Waals surface area (Å²) in [6.07, 6.45) is 3.85. The molecule has 1 aromatic carbocycles. The van der Waals surface area contributed by atoms with Gasteiger partial charge in [-0.2, -0.15) is 0 Å². The minimum absolute atomic E-state index is 0.258. The highest BCUT2D eigenvalue weighted by molar-refractivity contribution is 5.29. The van der Waals surface area contributed by atoms with E-state index < -0.39 is 5.60 Å². The zero-order chi connectivity index (χ0) is 14.6. The fraction of sp³-hybridized carbons (Fsp3) is 0.625. The molecule has 0 amide bonds. The standard InChI is InChI=1S/C16H24FNO2/c1-12-5-7-16(19,8-6-12)11-18-10-13-3-4-15(20-2)14(17)9-13/h3-4,9,12,18-19H,5-8,10-11H2,1-2H3. The Labute approximate surface area is 120 Å². The average Bonchev–Trinajstić information content (AvgIpc) is 2.43. The number of hydrogen-bond donors (Lipinski definition) is 2. The fourth-order valence-corrected chi connectivity index (χ4v) is 2.74. The van der Waals surface area contributed by atoms with Crippen LogP contribution < -0.4 is 10.1 Å². The summed E-state index contributed by atoms with van der Waals surface area (Å²) in [5.41, 5.74) is 0.258. The summed E-state index contributed by atoms with van der Waals surface area (Å²) in [6.45, 7) is 3.35. The second kappa shape index (κ2) is 6.55. The maximum atomic E-state index is 13.5. The second-order valence-electron chi connectivity index (χ2n) is 5.98. The van der Waals surface area contributed by atoms with Crippen molar-refractivity contribution in [3.05, 3.63) is 29.6 Å². The zero-order valence-corrected chi connectivity index (χ0v) is 12.3. The number of halogens is 1. The van der Waals surface area contributed by atoms with Crippen molar-refractivity contribution in [1.82, 2.24) is 5.32 Å². The molecule has 20 heavy (non-hydrogen) atoms. The van der Waals surface area contributed by atoms with Gasteiger partial charge in [-0.25, -0.2) is 4.39 Å². The van der Waals surface area contributed by atoms with Gasteiger partial charge in [0.25, 0.3) is 0 Å². The van der Waals surface area contributed by atoms with Gasteiger partial charge in [0.05, 0.1) is 12.7 Å². The summed E-state index contributed by atoms with van der Waals surface area (Å²) in [7, 11) is 1.45. The van der Waals surface area contributed by atoms with E-state index in [9.17, 15) is 9.50 Å². The fourth-order valence-electron chi connectivity index (χ4n) is 2.74. The van der Waals surface area contributed by atoms with E-state index >= 15 is 0 Å². The first-order valence-electron chi connectivity index (χ1n) is 7.28. The number of hydrogen-bond acceptors (Lipinski definition) is 3. The lowest BCUT2D eigenvalue weighted by molar-refractivity contribution is -0.00630. The number of methoxy groups -OCH3 is 1. The molecule has 2 rings (SSSR count). The first-order valence-corrected chi connectivity index (χ1v) is 7.28. The van der Waals surface area contributed by atoms with E-state index in [1.807, 2.05) is 6.07 Å². The lowest BCUT2D eigenvalue weighted by atomic mass is 9.79. The summed E-state index contributed by atoms with van der Waals surface area (Å²) in [4.78, 5) is 0. The van der Waals surface area contributed by atoms with Crippen molar-refractivity contribution in [3.8, 4) is 5.75 Å². The van der Waals surface area contributed by atoms with E-state index in [-0.39, 0.29) is 11.6 Å². The van der Waals surface area contributed by atoms with Gasteiger partial charge in [-0.15, -0.1) is 0 Å². The molecule has 0 aromatic heterocycles. The predicted octanol–water partition coefficient (Wildman–Crippen LogP) is 2.87. The number of nitrogens with one attached hydrogen (secondary N) is 1. The topological polar surface area (TPSA) is 41.5 Å². The Bertz CT molecular complexity index is 442. The highest BCUT2D eigenvalue weighted by atomic mass is 19.1. The van der Waals surface area contributed by atoms with Crippen LogP contribution in [0.2, 0.25) is 0 Å². The quantitative estimate of drug-likeness (QED) is 0.872. The van der Waals surface area contributed by atoms with Gasteiger partial charge in [0, 0.05) is 13.1 Å². The molecule has 0 atom stereocenters. The van der Waals surface area contributed by atoms with Crippen molar-refractivity contribution in [3.63, 3.8) is 0 Å². The summed E-state index contributed by atoms with van der Waals surface area (Å²) in [5.74, 6) is 0.622. The molecule has 1 aliphatic rings. The Morgan fingerprint density at radius 3 is 2.70 bits per heavy atom. The van der Waals surface area contributed by atoms with E-state index in [1.165, 1.54) is 13.2 Å². The van der Waals surface area contributed by atoms with Crippen LogP contribution in [-0.2, 0) is 6.54 Å². The maximum absolute atomic E-state index is 13.5. The lowest BCUT2D eigenvalue weighted by Crippen LogP contribution is -2.43. The highest BCUT2D eigenvalue weighted by Gasteiger charge is 2.31. The SMILES string of the molecule is COc1ccc(CNCC2(O)CCC(C)CC2)cc1F. The summed E-state index contributed by atoms with van der Waals surface area (Å²) in [6, 6.07) is 4.93. The summed E-state index contributed by atoms with van der Waals surface area (Å²) < 4.78 is 18.4. The smallest absolute Gasteiger partial charge is 0.165 e. The predicted molar refractivity (Wildman–Crippen MR) is 77.2 cm³/mol. The van der Waals surface area contributed by atoms with Gasteiger partial charge in [0.2, 0.25) is 0 Å². The van der Waals surface area contributed by atoms with Crippen LogP contribution in [0.4, 0.5) is 4.39 Å². The van der Waals surface area contributed by atoms with Gasteiger partial charge in [-0.05, 0) is 49.3 Å². The molecular weight excluding hydrogens is 257 g/mol. The highest BCUT2D eigenvalue weighted by Crippen LogP contribution is 2.31. The first kappa shape index (κ1) is 15.3. The Hall–Kier alpha value is -1.13. The molecule has 0 saturated heterocycles. The normalized spacial score (nSPS) is 26.5. The molecule has 0 unspecified atom stereocenters. The molecule has 0 heterocycles. The second-order valence-corrected chi connectivity index (χ2v) is 5.98. The van der Waals surface area contributed by atoms with Crippen LogP contribution in [0, 0.1) is 11.7 Å². The number of ether oxygens (including phenoxy) is 1. The molecule has 2 N–H and O–H groups in total. The van der Waals surface area contributed by atoms with Crippen LogP contribution >= 0.6 is 0 Å². The number of benzene rings is 1. The largest absolute Gasteiger partial charge is 0.494 e. The molecular formula is C16H24FNO2. The van der Waals surface area contributed by atoms with Gasteiger partial charge < -0.3 is 15.2 Å². The van der Waals surface area contributed by atoms with Gasteiger partial charge in [0.15, 0.2) is 11.6 Å². The summed E-state index contributed by atoms with van der Waals surface area (Å²) >= 11 is 0. The van der Waals surface area contributed by atoms with Crippen LogP contribution in [0.1, 0.15) is 38.2 Å². The molecule has 1 fully saturated rings. The van der Waals surface area contributed by atoms with Crippen LogP contribution in [0.25, 0.3) is 0 Å². The molecule has 1 aliphatic carbocycles. The first-order chi connectivity index (χ1) is 9.52. The molecule has 0 radical (unpaired) electrons.